The second kappa shape index (κ2) is 4.13. The van der Waals surface area contributed by atoms with Crippen molar-refractivity contribution in [3.05, 3.63) is 12.2 Å². The van der Waals surface area contributed by atoms with Gasteiger partial charge in [0.1, 0.15) is 0 Å². The van der Waals surface area contributed by atoms with E-state index in [0.717, 1.165) is 19.3 Å². The van der Waals surface area contributed by atoms with E-state index in [4.69, 9.17) is 0 Å². The van der Waals surface area contributed by atoms with Gasteiger partial charge in [0.15, 0.2) is 0 Å². The van der Waals surface area contributed by atoms with Gasteiger partial charge in [-0.2, -0.15) is 0 Å². The Balaban J connectivity index is 2.39. The average molecular weight is 155 g/mol. The first-order valence-electron chi connectivity index (χ1n) is 3.84. The molecule has 0 fully saturated rings. The Kier molecular flexibility index (Phi) is 3.11. The molecule has 0 aromatic rings. The summed E-state index contributed by atoms with van der Waals surface area (Å²) in [7, 11) is 1.45. The molecular weight excluding hydrogens is 142 g/mol. The summed E-state index contributed by atoms with van der Waals surface area (Å²) in [5, 5.41) is 0. The molecule has 3 heteroatoms. The molecule has 0 heterocycles. The number of rotatable bonds is 2. The fraction of sp³-hybridized carbons (Fsp3) is 0.625. The summed E-state index contributed by atoms with van der Waals surface area (Å²) in [6.45, 7) is 0. The van der Waals surface area contributed by atoms with Crippen molar-refractivity contribution in [1.82, 2.24) is 5.48 Å². The van der Waals surface area contributed by atoms with Crippen molar-refractivity contribution < 1.29 is 9.63 Å². The normalized spacial score (nSPS) is 23.2. The topological polar surface area (TPSA) is 38.3 Å². The summed E-state index contributed by atoms with van der Waals surface area (Å²) in [6, 6.07) is 0. The largest absolute Gasteiger partial charge is 0.277 e. The van der Waals surface area contributed by atoms with E-state index in [2.05, 4.69) is 10.3 Å². The lowest BCUT2D eigenvalue weighted by atomic mass is 9.96. The second-order valence-corrected chi connectivity index (χ2v) is 2.64. The fourth-order valence-corrected chi connectivity index (χ4v) is 1.21. The second-order valence-electron chi connectivity index (χ2n) is 2.64. The minimum absolute atomic E-state index is 0.0173. The quantitative estimate of drug-likeness (QED) is 0.477. The van der Waals surface area contributed by atoms with Gasteiger partial charge in [0.05, 0.1) is 13.0 Å². The number of carbonyl (C=O) groups excluding carboxylic acids is 1. The van der Waals surface area contributed by atoms with Crippen LogP contribution in [0.15, 0.2) is 12.2 Å². The monoisotopic (exact) mass is 155 g/mol. The Morgan fingerprint density at radius 2 is 2.55 bits per heavy atom. The SMILES string of the molecule is CONC(=O)C1C=CCCC1. The summed E-state index contributed by atoms with van der Waals surface area (Å²) >= 11 is 0. The molecule has 0 aromatic carbocycles. The number of hydrogen-bond acceptors (Lipinski definition) is 2. The van der Waals surface area contributed by atoms with Crippen molar-refractivity contribution in [1.29, 1.82) is 0 Å². The lowest BCUT2D eigenvalue weighted by molar-refractivity contribution is -0.134. The zero-order chi connectivity index (χ0) is 8.10. The molecule has 11 heavy (non-hydrogen) atoms. The minimum atomic E-state index is -0.0385. The molecular formula is C8H13NO2. The van der Waals surface area contributed by atoms with E-state index >= 15 is 0 Å². The van der Waals surface area contributed by atoms with Crippen molar-refractivity contribution in [2.45, 2.75) is 19.3 Å². The van der Waals surface area contributed by atoms with Gasteiger partial charge in [0.2, 0.25) is 5.91 Å². The highest BCUT2D eigenvalue weighted by molar-refractivity contribution is 5.79. The third-order valence-electron chi connectivity index (χ3n) is 1.79. The number of hydrogen-bond donors (Lipinski definition) is 1. The predicted octanol–water partition coefficient (Wildman–Crippen LogP) is 1.02. The van der Waals surface area contributed by atoms with Crippen LogP contribution >= 0.6 is 0 Å². The van der Waals surface area contributed by atoms with Crippen LogP contribution in [0, 0.1) is 5.92 Å². The summed E-state index contributed by atoms with van der Waals surface area (Å²) in [5.41, 5.74) is 2.33. The maximum absolute atomic E-state index is 11.1. The van der Waals surface area contributed by atoms with Gasteiger partial charge in [-0.1, -0.05) is 12.2 Å². The molecule has 1 amide bonds. The first-order valence-corrected chi connectivity index (χ1v) is 3.84. The lowest BCUT2D eigenvalue weighted by Gasteiger charge is -2.14. The van der Waals surface area contributed by atoms with Crippen LogP contribution in [0.2, 0.25) is 0 Å². The van der Waals surface area contributed by atoms with Crippen LogP contribution in [0.3, 0.4) is 0 Å². The van der Waals surface area contributed by atoms with E-state index in [1.54, 1.807) is 0 Å². The Labute approximate surface area is 66.4 Å². The summed E-state index contributed by atoms with van der Waals surface area (Å²) in [4.78, 5) is 15.6. The van der Waals surface area contributed by atoms with Gasteiger partial charge in [-0.3, -0.25) is 9.63 Å². The van der Waals surface area contributed by atoms with Crippen LogP contribution in [0.25, 0.3) is 0 Å². The van der Waals surface area contributed by atoms with E-state index in [9.17, 15) is 4.79 Å². The molecule has 1 unspecified atom stereocenters. The van der Waals surface area contributed by atoms with Gasteiger partial charge in [0, 0.05) is 0 Å². The molecule has 1 aliphatic rings. The molecule has 1 aliphatic carbocycles. The maximum Gasteiger partial charge on any atom is 0.250 e. The molecule has 1 rings (SSSR count). The van der Waals surface area contributed by atoms with Crippen LogP contribution in [0.1, 0.15) is 19.3 Å². The van der Waals surface area contributed by atoms with Gasteiger partial charge in [-0.05, 0) is 19.3 Å². The van der Waals surface area contributed by atoms with Crippen molar-refractivity contribution in [3.8, 4) is 0 Å². The number of amides is 1. The molecule has 0 bridgehead atoms. The zero-order valence-electron chi connectivity index (χ0n) is 6.67. The molecule has 0 spiro atoms. The molecule has 0 saturated carbocycles. The van der Waals surface area contributed by atoms with Crippen molar-refractivity contribution in [3.63, 3.8) is 0 Å². The summed E-state index contributed by atoms with van der Waals surface area (Å²) in [5.74, 6) is -0.0212. The first kappa shape index (κ1) is 8.27. The fourth-order valence-electron chi connectivity index (χ4n) is 1.21. The van der Waals surface area contributed by atoms with Gasteiger partial charge in [-0.25, -0.2) is 5.48 Å². The standard InChI is InChI=1S/C8H13NO2/c1-11-9-8(10)7-5-3-2-4-6-7/h3,5,7H,2,4,6H2,1H3,(H,9,10). The predicted molar refractivity (Wildman–Crippen MR) is 41.6 cm³/mol. The molecule has 0 aromatic heterocycles. The first-order chi connectivity index (χ1) is 5.34. The molecule has 1 N–H and O–H groups in total. The number of hydroxylamine groups is 1. The molecule has 62 valence electrons. The van der Waals surface area contributed by atoms with Gasteiger partial charge in [0.25, 0.3) is 0 Å². The lowest BCUT2D eigenvalue weighted by Crippen LogP contribution is -2.29. The summed E-state index contributed by atoms with van der Waals surface area (Å²) < 4.78 is 0. The third-order valence-corrected chi connectivity index (χ3v) is 1.79. The van der Waals surface area contributed by atoms with Crippen LogP contribution in [-0.2, 0) is 9.63 Å². The van der Waals surface area contributed by atoms with E-state index in [0.29, 0.717) is 0 Å². The van der Waals surface area contributed by atoms with E-state index < -0.39 is 0 Å². The van der Waals surface area contributed by atoms with Gasteiger partial charge in [-0.15, -0.1) is 0 Å². The molecule has 0 radical (unpaired) electrons. The Morgan fingerprint density at radius 1 is 1.73 bits per heavy atom. The van der Waals surface area contributed by atoms with Crippen LogP contribution < -0.4 is 5.48 Å². The number of nitrogens with one attached hydrogen (secondary N) is 1. The highest BCUT2D eigenvalue weighted by Gasteiger charge is 2.16. The highest BCUT2D eigenvalue weighted by Crippen LogP contribution is 2.16. The molecule has 3 nitrogen and oxygen atoms in total. The Morgan fingerprint density at radius 3 is 3.09 bits per heavy atom. The maximum atomic E-state index is 11.1. The highest BCUT2D eigenvalue weighted by atomic mass is 16.6. The minimum Gasteiger partial charge on any atom is -0.277 e. The van der Waals surface area contributed by atoms with E-state index in [1.807, 2.05) is 12.2 Å². The summed E-state index contributed by atoms with van der Waals surface area (Å²) in [6.07, 6.45) is 7.11. The van der Waals surface area contributed by atoms with Crippen molar-refractivity contribution >= 4 is 5.91 Å². The smallest absolute Gasteiger partial charge is 0.250 e. The van der Waals surface area contributed by atoms with E-state index in [1.165, 1.54) is 7.11 Å². The third kappa shape index (κ3) is 2.35. The van der Waals surface area contributed by atoms with Crippen LogP contribution in [0.4, 0.5) is 0 Å². The van der Waals surface area contributed by atoms with Crippen molar-refractivity contribution in [2.75, 3.05) is 7.11 Å². The molecule has 0 aliphatic heterocycles. The Hall–Kier alpha value is -0.830. The van der Waals surface area contributed by atoms with Crippen LogP contribution in [0.5, 0.6) is 0 Å². The van der Waals surface area contributed by atoms with E-state index in [-0.39, 0.29) is 11.8 Å². The van der Waals surface area contributed by atoms with Gasteiger partial charge >= 0.3 is 0 Å². The zero-order valence-corrected chi connectivity index (χ0v) is 6.67. The Bertz CT molecular complexity index is 165. The van der Waals surface area contributed by atoms with Crippen LogP contribution in [-0.4, -0.2) is 13.0 Å². The molecule has 0 saturated heterocycles. The molecule has 1 atom stereocenters. The number of allylic oxidation sites excluding steroid dienone is 1. The number of carbonyl (C=O) groups is 1. The van der Waals surface area contributed by atoms with Gasteiger partial charge < -0.3 is 0 Å². The van der Waals surface area contributed by atoms with Crippen molar-refractivity contribution in [2.24, 2.45) is 5.92 Å². The average Bonchev–Trinajstić information content (AvgIpc) is 2.07.